The molecule has 1 heterocycles. The number of nitrogens with zero attached hydrogens (tertiary/aromatic N) is 2. The van der Waals surface area contributed by atoms with Crippen LogP contribution in [0, 0.1) is 10.1 Å². The van der Waals surface area contributed by atoms with Crippen LogP contribution < -0.4 is 10.3 Å². The van der Waals surface area contributed by atoms with Gasteiger partial charge in [0.05, 0.1) is 15.0 Å². The fourth-order valence-corrected chi connectivity index (χ4v) is 3.11. The van der Waals surface area contributed by atoms with Gasteiger partial charge in [-0.15, -0.1) is 5.10 Å². The van der Waals surface area contributed by atoms with Crippen molar-refractivity contribution in [1.29, 1.82) is 0 Å². The number of rotatable bonds is 3. The standard InChI is InChI=1S/C14H11Cl2N3O4/c15-10-5-7(19(21)22)6-11(16)12(10)23-14-9-4-2-1-3-8(9)13(20)17-18-14/h5-6H,1-4H2,(H,17,20). The zero-order valence-electron chi connectivity index (χ0n) is 11.8. The molecule has 1 aromatic heterocycles. The van der Waals surface area contributed by atoms with Crippen LogP contribution in [0.3, 0.4) is 0 Å². The molecule has 1 N–H and O–H groups in total. The van der Waals surface area contributed by atoms with E-state index in [0.717, 1.165) is 30.5 Å². The van der Waals surface area contributed by atoms with Crippen LogP contribution >= 0.6 is 23.2 Å². The molecule has 3 rings (SSSR count). The molecule has 0 aliphatic heterocycles. The van der Waals surface area contributed by atoms with Crippen molar-refractivity contribution in [3.05, 3.63) is 53.8 Å². The number of benzene rings is 1. The molecule has 0 saturated carbocycles. The van der Waals surface area contributed by atoms with Crippen LogP contribution in [0.1, 0.15) is 24.0 Å². The van der Waals surface area contributed by atoms with Crippen molar-refractivity contribution in [3.63, 3.8) is 0 Å². The lowest BCUT2D eigenvalue weighted by Crippen LogP contribution is -2.21. The fourth-order valence-electron chi connectivity index (χ4n) is 2.56. The fraction of sp³-hybridized carbons (Fsp3) is 0.286. The molecule has 9 heteroatoms. The van der Waals surface area contributed by atoms with Crippen molar-refractivity contribution in [3.8, 4) is 11.6 Å². The quantitative estimate of drug-likeness (QED) is 0.669. The van der Waals surface area contributed by atoms with E-state index in [9.17, 15) is 14.9 Å². The third-order valence-corrected chi connectivity index (χ3v) is 4.21. The van der Waals surface area contributed by atoms with Gasteiger partial charge < -0.3 is 4.74 Å². The summed E-state index contributed by atoms with van der Waals surface area (Å²) in [6.45, 7) is 0. The topological polar surface area (TPSA) is 98.1 Å². The molecule has 0 amide bonds. The van der Waals surface area contributed by atoms with Gasteiger partial charge in [0, 0.05) is 23.3 Å². The Hall–Kier alpha value is -2.12. The van der Waals surface area contributed by atoms with Gasteiger partial charge in [-0.05, 0) is 25.7 Å². The monoisotopic (exact) mass is 355 g/mol. The first-order chi connectivity index (χ1) is 11.0. The molecule has 0 bridgehead atoms. The number of halogens is 2. The van der Waals surface area contributed by atoms with E-state index in [1.54, 1.807) is 0 Å². The summed E-state index contributed by atoms with van der Waals surface area (Å²) >= 11 is 12.1. The number of nitro groups is 1. The summed E-state index contributed by atoms with van der Waals surface area (Å²) in [5.74, 6) is 0.295. The molecule has 2 aromatic rings. The largest absolute Gasteiger partial charge is 0.434 e. The third-order valence-electron chi connectivity index (χ3n) is 3.65. The van der Waals surface area contributed by atoms with Crippen LogP contribution in [-0.4, -0.2) is 15.1 Å². The smallest absolute Gasteiger partial charge is 0.272 e. The summed E-state index contributed by atoms with van der Waals surface area (Å²) in [4.78, 5) is 22.0. The molecule has 1 aliphatic carbocycles. The minimum Gasteiger partial charge on any atom is -0.434 e. The van der Waals surface area contributed by atoms with E-state index in [2.05, 4.69) is 10.2 Å². The van der Waals surface area contributed by atoms with Crippen LogP contribution in [0.25, 0.3) is 0 Å². The summed E-state index contributed by atoms with van der Waals surface area (Å²) in [7, 11) is 0. The van der Waals surface area contributed by atoms with Crippen molar-refractivity contribution >= 4 is 28.9 Å². The van der Waals surface area contributed by atoms with Gasteiger partial charge >= 0.3 is 0 Å². The highest BCUT2D eigenvalue weighted by Crippen LogP contribution is 2.40. The average Bonchev–Trinajstić information content (AvgIpc) is 2.53. The molecule has 0 radical (unpaired) electrons. The maximum Gasteiger partial charge on any atom is 0.272 e. The minimum atomic E-state index is -0.596. The highest BCUT2D eigenvalue weighted by molar-refractivity contribution is 6.37. The van der Waals surface area contributed by atoms with Crippen LogP contribution in [0.4, 0.5) is 5.69 Å². The summed E-state index contributed by atoms with van der Waals surface area (Å²) < 4.78 is 5.66. The number of H-pyrrole nitrogens is 1. The number of hydrogen-bond acceptors (Lipinski definition) is 5. The second-order valence-electron chi connectivity index (χ2n) is 5.12. The Kier molecular flexibility index (Phi) is 4.23. The lowest BCUT2D eigenvalue weighted by molar-refractivity contribution is -0.384. The van der Waals surface area contributed by atoms with Gasteiger partial charge in [-0.3, -0.25) is 14.9 Å². The van der Waals surface area contributed by atoms with Crippen molar-refractivity contribution in [1.82, 2.24) is 10.2 Å². The molecule has 23 heavy (non-hydrogen) atoms. The number of ether oxygens (including phenoxy) is 1. The Labute approximate surface area is 140 Å². The Morgan fingerprint density at radius 3 is 2.39 bits per heavy atom. The van der Waals surface area contributed by atoms with Gasteiger partial charge in [0.2, 0.25) is 5.88 Å². The van der Waals surface area contributed by atoms with Crippen LogP contribution in [0.5, 0.6) is 11.6 Å². The summed E-state index contributed by atoms with van der Waals surface area (Å²) in [5, 5.41) is 17.1. The molecule has 0 fully saturated rings. The summed E-state index contributed by atoms with van der Waals surface area (Å²) in [5.41, 5.74) is 0.914. The van der Waals surface area contributed by atoms with Gasteiger partial charge in [-0.1, -0.05) is 23.2 Å². The number of hydrogen-bond donors (Lipinski definition) is 1. The number of nitrogens with one attached hydrogen (secondary N) is 1. The van der Waals surface area contributed by atoms with E-state index >= 15 is 0 Å². The Balaban J connectivity index is 2.03. The first-order valence-corrected chi connectivity index (χ1v) is 7.64. The van der Waals surface area contributed by atoms with E-state index < -0.39 is 4.92 Å². The minimum absolute atomic E-state index is 0.00163. The summed E-state index contributed by atoms with van der Waals surface area (Å²) in [6.07, 6.45) is 3.18. The zero-order valence-corrected chi connectivity index (χ0v) is 13.3. The SMILES string of the molecule is O=c1[nH]nc(Oc2c(Cl)cc([N+](=O)[O-])cc2Cl)c2c1CCCC2. The number of fused-ring (bicyclic) bond motifs is 1. The van der Waals surface area contributed by atoms with Crippen molar-refractivity contribution in [2.75, 3.05) is 0 Å². The predicted molar refractivity (Wildman–Crippen MR) is 84.7 cm³/mol. The molecular formula is C14H11Cl2N3O4. The van der Waals surface area contributed by atoms with Gasteiger partial charge in [-0.25, -0.2) is 5.10 Å². The number of aromatic amines is 1. The van der Waals surface area contributed by atoms with E-state index in [1.165, 1.54) is 0 Å². The average molecular weight is 356 g/mol. The van der Waals surface area contributed by atoms with E-state index in [0.29, 0.717) is 18.4 Å². The molecule has 0 spiro atoms. The Morgan fingerprint density at radius 1 is 1.17 bits per heavy atom. The van der Waals surface area contributed by atoms with Gasteiger partial charge in [0.25, 0.3) is 11.2 Å². The molecule has 120 valence electrons. The molecule has 0 saturated heterocycles. The van der Waals surface area contributed by atoms with Crippen LogP contribution in [-0.2, 0) is 12.8 Å². The molecule has 1 aromatic carbocycles. The van der Waals surface area contributed by atoms with Gasteiger partial charge in [0.15, 0.2) is 5.75 Å². The third kappa shape index (κ3) is 3.02. The van der Waals surface area contributed by atoms with Crippen LogP contribution in [0.15, 0.2) is 16.9 Å². The lowest BCUT2D eigenvalue weighted by atomic mass is 9.94. The van der Waals surface area contributed by atoms with Gasteiger partial charge in [0.1, 0.15) is 0 Å². The second kappa shape index (κ2) is 6.17. The van der Waals surface area contributed by atoms with E-state index in [1.807, 2.05) is 0 Å². The van der Waals surface area contributed by atoms with Crippen molar-refractivity contribution in [2.45, 2.75) is 25.7 Å². The van der Waals surface area contributed by atoms with E-state index in [-0.39, 0.29) is 32.9 Å². The maximum atomic E-state index is 11.8. The van der Waals surface area contributed by atoms with Gasteiger partial charge in [-0.2, -0.15) is 0 Å². The molecule has 0 unspecified atom stereocenters. The second-order valence-corrected chi connectivity index (χ2v) is 5.93. The number of aromatic nitrogens is 2. The first-order valence-electron chi connectivity index (χ1n) is 6.89. The lowest BCUT2D eigenvalue weighted by Gasteiger charge is -2.17. The molecule has 7 nitrogen and oxygen atoms in total. The number of non-ortho nitro benzene ring substituents is 1. The summed E-state index contributed by atoms with van der Waals surface area (Å²) in [6, 6.07) is 2.31. The van der Waals surface area contributed by atoms with Crippen LogP contribution in [0.2, 0.25) is 10.0 Å². The normalized spacial score (nSPS) is 13.5. The highest BCUT2D eigenvalue weighted by atomic mass is 35.5. The van der Waals surface area contributed by atoms with Crippen molar-refractivity contribution in [2.24, 2.45) is 0 Å². The number of nitro benzene ring substituents is 1. The maximum absolute atomic E-state index is 11.8. The first kappa shape index (κ1) is 15.8. The molecule has 0 atom stereocenters. The van der Waals surface area contributed by atoms with Crippen molar-refractivity contribution < 1.29 is 9.66 Å². The van der Waals surface area contributed by atoms with E-state index in [4.69, 9.17) is 27.9 Å². The Morgan fingerprint density at radius 2 is 1.78 bits per heavy atom. The highest BCUT2D eigenvalue weighted by Gasteiger charge is 2.22. The molecule has 1 aliphatic rings. The molecular weight excluding hydrogens is 345 g/mol. The predicted octanol–water partition coefficient (Wildman–Crippen LogP) is 3.66. The Bertz CT molecular complexity index is 827. The zero-order chi connectivity index (χ0) is 16.6.